The van der Waals surface area contributed by atoms with Crippen molar-refractivity contribution in [1.82, 2.24) is 4.90 Å². The predicted octanol–water partition coefficient (Wildman–Crippen LogP) is 5.19. The fourth-order valence-corrected chi connectivity index (χ4v) is 6.12. The maximum absolute atomic E-state index is 14.8. The molecule has 2 atom stereocenters. The van der Waals surface area contributed by atoms with E-state index in [2.05, 4.69) is 5.87 Å². The smallest absolute Gasteiger partial charge is 0.416 e. The fourth-order valence-electron chi connectivity index (χ4n) is 4.23. The van der Waals surface area contributed by atoms with Gasteiger partial charge < -0.3 is 14.7 Å². The maximum atomic E-state index is 14.8. The van der Waals surface area contributed by atoms with Crippen LogP contribution in [0, 0.1) is 17.6 Å². The molecule has 1 saturated heterocycles. The Bertz CT molecular complexity index is 1260. The molecule has 0 radical (unpaired) electrons. The van der Waals surface area contributed by atoms with E-state index in [9.17, 15) is 35.8 Å². The summed E-state index contributed by atoms with van der Waals surface area (Å²) in [5, 5.41) is 8.93. The number of carboxylic acids is 1. The largest absolute Gasteiger partial charge is 0.481 e. The maximum Gasteiger partial charge on any atom is 0.416 e. The average Bonchev–Trinajstić information content (AvgIpc) is 2.84. The second kappa shape index (κ2) is 11.6. The Kier molecular flexibility index (Phi) is 8.90. The van der Waals surface area contributed by atoms with Gasteiger partial charge in [0.2, 0.25) is 0 Å². The van der Waals surface area contributed by atoms with Gasteiger partial charge in [-0.15, -0.1) is 0 Å². The number of carbonyl (C=O) groups is 2. The summed E-state index contributed by atoms with van der Waals surface area (Å²) in [6.07, 6.45) is -4.43. The van der Waals surface area contributed by atoms with Gasteiger partial charge in [0, 0.05) is 30.5 Å². The van der Waals surface area contributed by atoms with Crippen molar-refractivity contribution in [2.45, 2.75) is 43.3 Å². The number of carboxylic acid groups (broad SMARTS) is 1. The molecule has 3 rings (SSSR count). The van der Waals surface area contributed by atoms with Crippen molar-refractivity contribution >= 4 is 33.3 Å². The van der Waals surface area contributed by atoms with Crippen molar-refractivity contribution < 1.29 is 45.6 Å². The van der Waals surface area contributed by atoms with Crippen molar-refractivity contribution in [3.8, 4) is 0 Å². The van der Waals surface area contributed by atoms with Crippen LogP contribution in [-0.4, -0.2) is 57.9 Å². The lowest BCUT2D eigenvalue weighted by atomic mass is 9.94. The summed E-state index contributed by atoms with van der Waals surface area (Å²) in [7, 11) is -3.75. The third-order valence-corrected chi connectivity index (χ3v) is 8.40. The zero-order chi connectivity index (χ0) is 28.3. The quantitative estimate of drug-likeness (QED) is 0.354. The van der Waals surface area contributed by atoms with Crippen molar-refractivity contribution in [3.05, 3.63) is 59.7 Å². The summed E-state index contributed by atoms with van der Waals surface area (Å²) < 4.78 is 88.0. The Labute approximate surface area is 216 Å². The van der Waals surface area contributed by atoms with E-state index < -0.39 is 63.5 Å². The Morgan fingerprint density at radius 2 is 1.76 bits per heavy atom. The molecule has 1 heterocycles. The molecule has 1 unspecified atom stereocenters. The minimum Gasteiger partial charge on any atom is -0.481 e. The minimum atomic E-state index is -4.64. The van der Waals surface area contributed by atoms with E-state index in [0.717, 1.165) is 34.6 Å². The lowest BCUT2D eigenvalue weighted by Gasteiger charge is -2.35. The number of piperidine rings is 1. The summed E-state index contributed by atoms with van der Waals surface area (Å²) in [6, 6.07) is 4.68. The molecule has 2 aromatic rings. The van der Waals surface area contributed by atoms with Gasteiger partial charge in [-0.25, -0.2) is 17.8 Å². The number of anilines is 1. The number of hydrogen-bond acceptors (Lipinski definition) is 4. The van der Waals surface area contributed by atoms with Crippen molar-refractivity contribution in [2.24, 2.45) is 5.92 Å². The molecule has 0 saturated carbocycles. The summed E-state index contributed by atoms with van der Waals surface area (Å²) in [4.78, 5) is 24.7. The number of hydrogen-bond donors (Lipinski definition) is 1. The van der Waals surface area contributed by atoms with E-state index in [4.69, 9.17) is 9.84 Å². The van der Waals surface area contributed by atoms with Crippen LogP contribution in [0.4, 0.5) is 32.4 Å². The standard InChI is InChI=1S/C25H27F5N2O5S/c1-16(15-37-24(35)31-11-9-17(10-12-31)13-23(33)34)32(22-14-19(26)5-8-21(22)27)38(2,36)20-6-3-18(4-7-20)25(28,29)30/h3-8,14,16-17H,2,9-13,15H2,1H3,(H,33,34)/t16-,38?/m0/s1. The number of rotatable bonds is 8. The van der Waals surface area contributed by atoms with Gasteiger partial charge in [0.05, 0.1) is 27.0 Å². The molecule has 1 aliphatic heterocycles. The highest BCUT2D eigenvalue weighted by atomic mass is 32.2. The third-order valence-electron chi connectivity index (χ3n) is 6.20. The zero-order valence-corrected chi connectivity index (χ0v) is 21.2. The van der Waals surface area contributed by atoms with Gasteiger partial charge in [0.1, 0.15) is 18.2 Å². The van der Waals surface area contributed by atoms with Crippen LogP contribution in [0.2, 0.25) is 0 Å². The molecular formula is C25H27F5N2O5S. The number of halogens is 5. The number of likely N-dealkylation sites (tertiary alicyclic amines) is 1. The van der Waals surface area contributed by atoms with Gasteiger partial charge in [-0.3, -0.25) is 9.10 Å². The predicted molar refractivity (Wildman–Crippen MR) is 131 cm³/mol. The van der Waals surface area contributed by atoms with Gasteiger partial charge in [-0.05, 0) is 68.0 Å². The van der Waals surface area contributed by atoms with E-state index in [1.165, 1.54) is 11.8 Å². The molecular weight excluding hydrogens is 535 g/mol. The number of benzene rings is 2. The number of alkyl halides is 3. The summed E-state index contributed by atoms with van der Waals surface area (Å²) in [5.41, 5.74) is -1.46. The highest BCUT2D eigenvalue weighted by molar-refractivity contribution is 8.01. The van der Waals surface area contributed by atoms with Gasteiger partial charge in [-0.2, -0.15) is 13.2 Å². The molecule has 7 nitrogen and oxygen atoms in total. The first-order chi connectivity index (χ1) is 17.7. The molecule has 208 valence electrons. The van der Waals surface area contributed by atoms with E-state index in [1.807, 2.05) is 0 Å². The van der Waals surface area contributed by atoms with E-state index in [-0.39, 0.29) is 30.3 Å². The van der Waals surface area contributed by atoms with Gasteiger partial charge in [0.15, 0.2) is 0 Å². The number of nitrogens with zero attached hydrogens (tertiary/aromatic N) is 2. The van der Waals surface area contributed by atoms with Gasteiger partial charge >= 0.3 is 18.2 Å². The highest BCUT2D eigenvalue weighted by Gasteiger charge is 2.33. The first-order valence-electron chi connectivity index (χ1n) is 11.6. The number of amides is 1. The minimum absolute atomic E-state index is 0.00408. The fraction of sp³-hybridized carbons (Fsp3) is 0.400. The zero-order valence-electron chi connectivity index (χ0n) is 20.4. The van der Waals surface area contributed by atoms with Crippen molar-refractivity contribution in [3.63, 3.8) is 0 Å². The Morgan fingerprint density at radius 1 is 1.16 bits per heavy atom. The molecule has 1 N–H and O–H groups in total. The van der Waals surface area contributed by atoms with E-state index in [0.29, 0.717) is 25.0 Å². The molecule has 0 spiro atoms. The molecule has 0 bridgehead atoms. The molecule has 0 aliphatic carbocycles. The van der Waals surface area contributed by atoms with Gasteiger partial charge in [0.25, 0.3) is 0 Å². The first kappa shape index (κ1) is 29.2. The van der Waals surface area contributed by atoms with E-state index >= 15 is 0 Å². The van der Waals surface area contributed by atoms with Gasteiger partial charge in [-0.1, -0.05) is 0 Å². The Morgan fingerprint density at radius 3 is 2.32 bits per heavy atom. The lowest BCUT2D eigenvalue weighted by Crippen LogP contribution is -2.44. The lowest BCUT2D eigenvalue weighted by molar-refractivity contribution is -0.139. The second-order valence-electron chi connectivity index (χ2n) is 9.04. The topological polar surface area (TPSA) is 87.2 Å². The van der Waals surface area contributed by atoms with Crippen LogP contribution in [-0.2, 0) is 25.4 Å². The van der Waals surface area contributed by atoms with E-state index in [1.54, 1.807) is 0 Å². The summed E-state index contributed by atoms with van der Waals surface area (Å²) in [6.45, 7) is 1.53. The highest BCUT2D eigenvalue weighted by Crippen LogP contribution is 2.33. The average molecular weight is 563 g/mol. The van der Waals surface area contributed by atoms with Crippen LogP contribution in [0.25, 0.3) is 0 Å². The number of carbonyl (C=O) groups excluding carboxylic acids is 1. The van der Waals surface area contributed by atoms with Crippen LogP contribution < -0.4 is 4.31 Å². The van der Waals surface area contributed by atoms with Crippen LogP contribution >= 0.6 is 0 Å². The first-order valence-corrected chi connectivity index (χ1v) is 13.3. The van der Waals surface area contributed by atoms with Crippen molar-refractivity contribution in [2.75, 3.05) is 24.0 Å². The van der Waals surface area contributed by atoms with Crippen LogP contribution in [0.3, 0.4) is 0 Å². The van der Waals surface area contributed by atoms with Crippen LogP contribution in [0.5, 0.6) is 0 Å². The normalized spacial score (nSPS) is 16.9. The van der Waals surface area contributed by atoms with Crippen LogP contribution in [0.15, 0.2) is 47.4 Å². The molecule has 1 fully saturated rings. The third kappa shape index (κ3) is 6.94. The van der Waals surface area contributed by atoms with Crippen LogP contribution in [0.1, 0.15) is 31.7 Å². The molecule has 1 aliphatic rings. The van der Waals surface area contributed by atoms with Crippen molar-refractivity contribution in [1.29, 1.82) is 0 Å². The number of ether oxygens (including phenoxy) is 1. The molecule has 38 heavy (non-hydrogen) atoms. The summed E-state index contributed by atoms with van der Waals surface area (Å²) >= 11 is 0. The Balaban J connectivity index is 1.82. The SMILES string of the molecule is C=S(=O)(c1ccc(C(F)(F)F)cc1)N(c1cc(F)ccc1F)[C@@H](C)COC(=O)N1CCC(CC(=O)O)CC1. The monoisotopic (exact) mass is 562 g/mol. The second-order valence-corrected chi connectivity index (χ2v) is 11.2. The molecule has 1 amide bonds. The molecule has 13 heteroatoms. The number of aliphatic carboxylic acids is 1. The summed E-state index contributed by atoms with van der Waals surface area (Å²) in [5.74, 6) is 0.821. The molecule has 2 aromatic carbocycles. The molecule has 0 aromatic heterocycles. The Hall–Kier alpha value is -3.35.